The van der Waals surface area contributed by atoms with E-state index < -0.39 is 23.5 Å². The molecule has 0 aromatic heterocycles. The Labute approximate surface area is 224 Å². The summed E-state index contributed by atoms with van der Waals surface area (Å²) in [5, 5.41) is 27.3. The molecule has 4 aliphatic carbocycles. The highest BCUT2D eigenvalue weighted by molar-refractivity contribution is 7.98. The molecule has 0 radical (unpaired) electrons. The standard InChI is InChI=1S/C28H42N2O6S/c1-17(31)28(35)13-9-22-20-6-5-18-15-19(7-11-26(18,2)21(20)8-12-27(22,28)3)30-36-16-24(32)29-23(25(33)34)10-14-37-4/h15,20-23,35H,5-14,16H2,1-4H3,(H,29,32)(H,33,34)/t20-,21-,22+,23-,26-,27-,28-/m0/s1. The lowest BCUT2D eigenvalue weighted by Crippen LogP contribution is -2.57. The predicted molar refractivity (Wildman–Crippen MR) is 143 cm³/mol. The lowest BCUT2D eigenvalue weighted by atomic mass is 9.46. The molecule has 4 aliphatic rings. The molecule has 0 heterocycles. The lowest BCUT2D eigenvalue weighted by Gasteiger charge is -2.59. The Morgan fingerprint density at radius 2 is 1.89 bits per heavy atom. The number of hydrogen-bond acceptors (Lipinski definition) is 7. The van der Waals surface area contributed by atoms with Crippen LogP contribution in [0.25, 0.3) is 0 Å². The van der Waals surface area contributed by atoms with Crippen LogP contribution in [-0.4, -0.2) is 63.8 Å². The molecule has 7 atom stereocenters. The smallest absolute Gasteiger partial charge is 0.326 e. The molecule has 0 saturated heterocycles. The maximum absolute atomic E-state index is 12.4. The number of aliphatic hydroxyl groups is 1. The van der Waals surface area contributed by atoms with Gasteiger partial charge in [-0.25, -0.2) is 4.79 Å². The Kier molecular flexibility index (Phi) is 8.15. The monoisotopic (exact) mass is 534 g/mol. The molecule has 0 unspecified atom stereocenters. The molecular weight excluding hydrogens is 492 g/mol. The number of fused-ring (bicyclic) bond motifs is 5. The number of carboxylic acid groups (broad SMARTS) is 1. The van der Waals surface area contributed by atoms with Crippen molar-refractivity contribution >= 4 is 35.1 Å². The third-order valence-electron chi connectivity index (χ3n) is 10.3. The average molecular weight is 535 g/mol. The Morgan fingerprint density at radius 1 is 1.16 bits per heavy atom. The second-order valence-corrected chi connectivity index (χ2v) is 13.0. The number of nitrogens with one attached hydrogen (secondary N) is 1. The van der Waals surface area contributed by atoms with Gasteiger partial charge in [0, 0.05) is 5.41 Å². The van der Waals surface area contributed by atoms with E-state index in [-0.39, 0.29) is 23.2 Å². The van der Waals surface area contributed by atoms with Crippen molar-refractivity contribution in [1.82, 2.24) is 5.32 Å². The van der Waals surface area contributed by atoms with Crippen LogP contribution in [0.2, 0.25) is 0 Å². The predicted octanol–water partition coefficient (Wildman–Crippen LogP) is 3.96. The van der Waals surface area contributed by atoms with Crippen molar-refractivity contribution in [2.75, 3.05) is 18.6 Å². The van der Waals surface area contributed by atoms with E-state index in [1.165, 1.54) is 17.3 Å². The molecule has 1 amide bonds. The first-order chi connectivity index (χ1) is 17.5. The van der Waals surface area contributed by atoms with Gasteiger partial charge in [-0.3, -0.25) is 9.59 Å². The molecule has 0 aliphatic heterocycles. The van der Waals surface area contributed by atoms with Gasteiger partial charge in [0.05, 0.1) is 5.71 Å². The third-order valence-corrected chi connectivity index (χ3v) is 11.0. The van der Waals surface area contributed by atoms with Crippen molar-refractivity contribution < 1.29 is 29.4 Å². The van der Waals surface area contributed by atoms with Crippen molar-refractivity contribution in [2.45, 2.75) is 90.2 Å². The van der Waals surface area contributed by atoms with Crippen LogP contribution in [0.1, 0.15) is 78.6 Å². The summed E-state index contributed by atoms with van der Waals surface area (Å²) in [7, 11) is 0. The largest absolute Gasteiger partial charge is 0.480 e. The summed E-state index contributed by atoms with van der Waals surface area (Å²) in [6.07, 6.45) is 11.6. The molecule has 206 valence electrons. The van der Waals surface area contributed by atoms with E-state index in [9.17, 15) is 24.6 Å². The normalized spacial score (nSPS) is 38.6. The summed E-state index contributed by atoms with van der Waals surface area (Å²) < 4.78 is 0. The maximum atomic E-state index is 12.4. The van der Waals surface area contributed by atoms with Gasteiger partial charge in [0.15, 0.2) is 12.4 Å². The third kappa shape index (κ3) is 4.98. The first kappa shape index (κ1) is 28.1. The summed E-state index contributed by atoms with van der Waals surface area (Å²) in [5.41, 5.74) is 0.766. The number of amides is 1. The van der Waals surface area contributed by atoms with Gasteiger partial charge < -0.3 is 20.4 Å². The summed E-state index contributed by atoms with van der Waals surface area (Å²) in [4.78, 5) is 41.3. The van der Waals surface area contributed by atoms with Crippen LogP contribution in [0.5, 0.6) is 0 Å². The zero-order valence-corrected chi connectivity index (χ0v) is 23.4. The minimum Gasteiger partial charge on any atom is -0.480 e. The molecule has 4 rings (SSSR count). The van der Waals surface area contributed by atoms with Gasteiger partial charge in [-0.1, -0.05) is 24.6 Å². The second-order valence-electron chi connectivity index (χ2n) is 12.0. The number of carboxylic acids is 1. The van der Waals surface area contributed by atoms with Crippen molar-refractivity contribution in [1.29, 1.82) is 0 Å². The number of aliphatic carboxylic acids is 1. The number of hydrogen-bond donors (Lipinski definition) is 3. The molecule has 0 bridgehead atoms. The lowest BCUT2D eigenvalue weighted by molar-refractivity contribution is -0.159. The number of carbonyl (C=O) groups is 3. The first-order valence-corrected chi connectivity index (χ1v) is 15.0. The van der Waals surface area contributed by atoms with Crippen LogP contribution in [0.15, 0.2) is 16.8 Å². The van der Waals surface area contributed by atoms with Gasteiger partial charge in [-0.05, 0) is 106 Å². The molecule has 3 saturated carbocycles. The van der Waals surface area contributed by atoms with Gasteiger partial charge >= 0.3 is 5.97 Å². The van der Waals surface area contributed by atoms with E-state index in [1.807, 2.05) is 6.26 Å². The van der Waals surface area contributed by atoms with Crippen LogP contribution in [0.3, 0.4) is 0 Å². The molecule has 9 heteroatoms. The molecule has 37 heavy (non-hydrogen) atoms. The number of allylic oxidation sites excluding steroid dienone is 2. The summed E-state index contributed by atoms with van der Waals surface area (Å²) >= 11 is 1.53. The average Bonchev–Trinajstić information content (AvgIpc) is 3.13. The zero-order chi connectivity index (χ0) is 27.0. The number of Topliss-reactive ketones (excluding diaryl/α,β-unsaturated/α-hetero) is 1. The topological polar surface area (TPSA) is 125 Å². The Bertz CT molecular complexity index is 997. The van der Waals surface area contributed by atoms with Crippen molar-refractivity contribution in [3.63, 3.8) is 0 Å². The van der Waals surface area contributed by atoms with E-state index in [2.05, 4.69) is 30.4 Å². The van der Waals surface area contributed by atoms with Gasteiger partial charge in [0.1, 0.15) is 11.6 Å². The highest BCUT2D eigenvalue weighted by atomic mass is 32.2. The van der Waals surface area contributed by atoms with E-state index in [0.717, 1.165) is 50.7 Å². The number of thioether (sulfide) groups is 1. The van der Waals surface area contributed by atoms with Crippen LogP contribution in [-0.2, 0) is 19.2 Å². The maximum Gasteiger partial charge on any atom is 0.326 e. The van der Waals surface area contributed by atoms with Crippen LogP contribution in [0, 0.1) is 28.6 Å². The van der Waals surface area contributed by atoms with E-state index in [1.54, 1.807) is 6.92 Å². The molecule has 8 nitrogen and oxygen atoms in total. The van der Waals surface area contributed by atoms with Gasteiger partial charge in [0.25, 0.3) is 5.91 Å². The van der Waals surface area contributed by atoms with E-state index in [4.69, 9.17) is 4.84 Å². The van der Waals surface area contributed by atoms with Gasteiger partial charge in [0.2, 0.25) is 0 Å². The number of rotatable bonds is 9. The number of ketones is 1. The van der Waals surface area contributed by atoms with E-state index >= 15 is 0 Å². The Morgan fingerprint density at radius 3 is 2.57 bits per heavy atom. The summed E-state index contributed by atoms with van der Waals surface area (Å²) in [5.74, 6) is 0.450. The zero-order valence-electron chi connectivity index (χ0n) is 22.5. The highest BCUT2D eigenvalue weighted by Gasteiger charge is 2.65. The van der Waals surface area contributed by atoms with Crippen LogP contribution in [0.4, 0.5) is 0 Å². The quantitative estimate of drug-likeness (QED) is 0.382. The first-order valence-electron chi connectivity index (χ1n) is 13.6. The highest BCUT2D eigenvalue weighted by Crippen LogP contribution is 2.67. The fourth-order valence-corrected chi connectivity index (χ4v) is 8.61. The van der Waals surface area contributed by atoms with Crippen molar-refractivity contribution in [2.24, 2.45) is 33.7 Å². The van der Waals surface area contributed by atoms with E-state index in [0.29, 0.717) is 36.3 Å². The number of oxime groups is 1. The van der Waals surface area contributed by atoms with Crippen LogP contribution >= 0.6 is 11.8 Å². The molecule has 3 N–H and O–H groups in total. The van der Waals surface area contributed by atoms with Crippen molar-refractivity contribution in [3.8, 4) is 0 Å². The minimum absolute atomic E-state index is 0.0730. The Balaban J connectivity index is 1.39. The second kappa shape index (κ2) is 10.7. The van der Waals surface area contributed by atoms with Crippen molar-refractivity contribution in [3.05, 3.63) is 11.6 Å². The summed E-state index contributed by atoms with van der Waals surface area (Å²) in [6, 6.07) is -0.924. The molecule has 0 aromatic carbocycles. The molecular formula is C28H42N2O6S. The fourth-order valence-electron chi connectivity index (χ4n) is 8.14. The fraction of sp³-hybridized carbons (Fsp3) is 0.786. The number of carbonyl (C=O) groups excluding carboxylic acids is 2. The number of nitrogens with zero attached hydrogens (tertiary/aromatic N) is 1. The summed E-state index contributed by atoms with van der Waals surface area (Å²) in [6.45, 7) is 5.76. The van der Waals surface area contributed by atoms with Gasteiger partial charge in [-0.15, -0.1) is 0 Å². The minimum atomic E-state index is -1.19. The SMILES string of the molecule is CSCC[C@H](NC(=O)CON=C1C=C2CC[C@@H]3[C@H]4CC[C@](O)(C(C)=O)[C@@]4(C)CC[C@@H]3[C@@]2(C)CC1)C(=O)O. The molecule has 0 aromatic rings. The molecule has 0 spiro atoms. The Hall–Kier alpha value is -1.87. The van der Waals surface area contributed by atoms with Crippen LogP contribution < -0.4 is 5.32 Å². The molecule has 3 fully saturated rings. The van der Waals surface area contributed by atoms with Gasteiger partial charge in [-0.2, -0.15) is 11.8 Å².